The van der Waals surface area contributed by atoms with Crippen molar-refractivity contribution in [2.24, 2.45) is 0 Å². The maximum Gasteiger partial charge on any atom is 0.411 e. The van der Waals surface area contributed by atoms with E-state index in [0.717, 1.165) is 0 Å². The van der Waals surface area contributed by atoms with Gasteiger partial charge in [0.05, 0.1) is 18.5 Å². The van der Waals surface area contributed by atoms with Crippen LogP contribution in [-0.4, -0.2) is 33.1 Å². The number of rotatable bonds is 5. The maximum absolute atomic E-state index is 12.4. The lowest BCUT2D eigenvalue weighted by Gasteiger charge is -2.09. The number of hydrogen-bond donors (Lipinski definition) is 2. The summed E-state index contributed by atoms with van der Waals surface area (Å²) in [7, 11) is 0. The zero-order valence-electron chi connectivity index (χ0n) is 14.0. The SMILES string of the molecule is CCOC(=O)Nc1cccc(C(=O)Nc2ccc(-n3ccnc3)nc2)c1. The molecule has 8 nitrogen and oxygen atoms in total. The molecule has 0 aliphatic heterocycles. The number of carbonyl (C=O) groups is 2. The summed E-state index contributed by atoms with van der Waals surface area (Å²) in [6.07, 6.45) is 6.08. The van der Waals surface area contributed by atoms with Crippen LogP contribution >= 0.6 is 0 Å². The molecule has 0 saturated carbocycles. The Hall–Kier alpha value is -3.68. The molecule has 0 saturated heterocycles. The number of hydrogen-bond acceptors (Lipinski definition) is 5. The van der Waals surface area contributed by atoms with E-state index in [2.05, 4.69) is 20.6 Å². The van der Waals surface area contributed by atoms with Gasteiger partial charge in [0.25, 0.3) is 5.91 Å². The van der Waals surface area contributed by atoms with Gasteiger partial charge < -0.3 is 10.1 Å². The molecule has 2 amide bonds. The third-order valence-corrected chi connectivity index (χ3v) is 3.42. The summed E-state index contributed by atoms with van der Waals surface area (Å²) in [6, 6.07) is 10.1. The molecular formula is C18H17N5O3. The van der Waals surface area contributed by atoms with E-state index in [0.29, 0.717) is 22.8 Å². The molecule has 0 aliphatic rings. The Bertz CT molecular complexity index is 891. The first kappa shape index (κ1) is 17.2. The van der Waals surface area contributed by atoms with Crippen LogP contribution in [0.1, 0.15) is 17.3 Å². The number of aromatic nitrogens is 3. The van der Waals surface area contributed by atoms with Crippen molar-refractivity contribution < 1.29 is 14.3 Å². The molecule has 2 aromatic heterocycles. The zero-order valence-corrected chi connectivity index (χ0v) is 14.0. The van der Waals surface area contributed by atoms with E-state index in [1.165, 1.54) is 0 Å². The molecule has 0 bridgehead atoms. The number of carbonyl (C=O) groups excluding carboxylic acids is 2. The highest BCUT2D eigenvalue weighted by atomic mass is 16.5. The topological polar surface area (TPSA) is 98.1 Å². The van der Waals surface area contributed by atoms with Crippen LogP contribution in [0.25, 0.3) is 5.82 Å². The standard InChI is InChI=1S/C18H17N5O3/c1-2-26-18(25)22-14-5-3-4-13(10-14)17(24)21-15-6-7-16(20-11-15)23-9-8-19-12-23/h3-12H,2H2,1H3,(H,21,24)(H,22,25). The number of imidazole rings is 1. The molecule has 2 N–H and O–H groups in total. The second kappa shape index (κ2) is 7.93. The molecule has 1 aromatic carbocycles. The van der Waals surface area contributed by atoms with Crippen molar-refractivity contribution in [2.45, 2.75) is 6.92 Å². The van der Waals surface area contributed by atoms with E-state index in [4.69, 9.17) is 4.74 Å². The number of pyridine rings is 1. The number of ether oxygens (including phenoxy) is 1. The molecular weight excluding hydrogens is 334 g/mol. The summed E-state index contributed by atoms with van der Waals surface area (Å²) in [6.45, 7) is 1.99. The van der Waals surface area contributed by atoms with Crippen molar-refractivity contribution in [1.82, 2.24) is 14.5 Å². The van der Waals surface area contributed by atoms with Gasteiger partial charge in [-0.3, -0.25) is 14.7 Å². The van der Waals surface area contributed by atoms with Crippen LogP contribution in [0.2, 0.25) is 0 Å². The highest BCUT2D eigenvalue weighted by Crippen LogP contribution is 2.14. The number of anilines is 2. The van der Waals surface area contributed by atoms with Crippen LogP contribution in [0.3, 0.4) is 0 Å². The van der Waals surface area contributed by atoms with E-state index >= 15 is 0 Å². The van der Waals surface area contributed by atoms with Gasteiger partial charge >= 0.3 is 6.09 Å². The van der Waals surface area contributed by atoms with Gasteiger partial charge in [-0.05, 0) is 37.3 Å². The summed E-state index contributed by atoms with van der Waals surface area (Å²) in [5, 5.41) is 5.33. The Kier molecular flexibility index (Phi) is 5.23. The van der Waals surface area contributed by atoms with E-state index in [1.54, 1.807) is 72.8 Å². The Morgan fingerprint density at radius 1 is 1.15 bits per heavy atom. The van der Waals surface area contributed by atoms with Crippen molar-refractivity contribution in [3.8, 4) is 5.82 Å². The lowest BCUT2D eigenvalue weighted by molar-refractivity contribution is 0.102. The molecule has 3 rings (SSSR count). The number of amides is 2. The van der Waals surface area contributed by atoms with E-state index in [9.17, 15) is 9.59 Å². The average molecular weight is 351 g/mol. The van der Waals surface area contributed by atoms with Gasteiger partial charge in [0.2, 0.25) is 0 Å². The van der Waals surface area contributed by atoms with Gasteiger partial charge in [-0.2, -0.15) is 0 Å². The first-order valence-electron chi connectivity index (χ1n) is 7.95. The molecule has 0 radical (unpaired) electrons. The fraction of sp³-hybridized carbons (Fsp3) is 0.111. The minimum absolute atomic E-state index is 0.272. The fourth-order valence-corrected chi connectivity index (χ4v) is 2.23. The number of nitrogens with one attached hydrogen (secondary N) is 2. The predicted molar refractivity (Wildman–Crippen MR) is 96.4 cm³/mol. The third-order valence-electron chi connectivity index (χ3n) is 3.42. The van der Waals surface area contributed by atoms with Crippen LogP contribution in [0, 0.1) is 0 Å². The Labute approximate surface area is 149 Å². The van der Waals surface area contributed by atoms with Crippen molar-refractivity contribution in [3.05, 3.63) is 66.9 Å². The van der Waals surface area contributed by atoms with Gasteiger partial charge in [0, 0.05) is 23.6 Å². The largest absolute Gasteiger partial charge is 0.450 e. The van der Waals surface area contributed by atoms with Crippen LogP contribution < -0.4 is 10.6 Å². The third kappa shape index (κ3) is 4.23. The zero-order chi connectivity index (χ0) is 18.4. The lowest BCUT2D eigenvalue weighted by Crippen LogP contribution is -2.15. The second-order valence-electron chi connectivity index (χ2n) is 5.26. The quantitative estimate of drug-likeness (QED) is 0.736. The van der Waals surface area contributed by atoms with Crippen molar-refractivity contribution >= 4 is 23.4 Å². The molecule has 3 aromatic rings. The Morgan fingerprint density at radius 3 is 2.73 bits per heavy atom. The average Bonchev–Trinajstić information content (AvgIpc) is 3.17. The highest BCUT2D eigenvalue weighted by molar-refractivity contribution is 6.05. The summed E-state index contributed by atoms with van der Waals surface area (Å²) in [5.74, 6) is 0.385. The van der Waals surface area contributed by atoms with Crippen molar-refractivity contribution in [2.75, 3.05) is 17.2 Å². The molecule has 26 heavy (non-hydrogen) atoms. The van der Waals surface area contributed by atoms with Crippen LogP contribution in [0.15, 0.2) is 61.3 Å². The van der Waals surface area contributed by atoms with E-state index in [-0.39, 0.29) is 12.5 Å². The molecule has 0 atom stereocenters. The molecule has 8 heteroatoms. The second-order valence-corrected chi connectivity index (χ2v) is 5.26. The molecule has 0 fully saturated rings. The molecule has 0 aliphatic carbocycles. The summed E-state index contributed by atoms with van der Waals surface area (Å²) in [4.78, 5) is 32.1. The first-order valence-corrected chi connectivity index (χ1v) is 7.95. The predicted octanol–water partition coefficient (Wildman–Crippen LogP) is 3.09. The highest BCUT2D eigenvalue weighted by Gasteiger charge is 2.09. The van der Waals surface area contributed by atoms with E-state index < -0.39 is 6.09 Å². The normalized spacial score (nSPS) is 10.2. The minimum Gasteiger partial charge on any atom is -0.450 e. The lowest BCUT2D eigenvalue weighted by atomic mass is 10.2. The summed E-state index contributed by atoms with van der Waals surface area (Å²) < 4.78 is 6.58. The Balaban J connectivity index is 1.67. The Morgan fingerprint density at radius 2 is 2.04 bits per heavy atom. The molecule has 0 spiro atoms. The van der Waals surface area contributed by atoms with Gasteiger partial charge in [0.15, 0.2) is 0 Å². The van der Waals surface area contributed by atoms with Gasteiger partial charge in [0.1, 0.15) is 12.1 Å². The minimum atomic E-state index is -0.565. The number of benzene rings is 1. The van der Waals surface area contributed by atoms with Crippen LogP contribution in [0.5, 0.6) is 0 Å². The molecule has 0 unspecified atom stereocenters. The summed E-state index contributed by atoms with van der Waals surface area (Å²) >= 11 is 0. The van der Waals surface area contributed by atoms with Crippen molar-refractivity contribution in [3.63, 3.8) is 0 Å². The smallest absolute Gasteiger partial charge is 0.411 e. The van der Waals surface area contributed by atoms with Crippen LogP contribution in [0.4, 0.5) is 16.2 Å². The number of nitrogens with zero attached hydrogens (tertiary/aromatic N) is 3. The summed E-state index contributed by atoms with van der Waals surface area (Å²) in [5.41, 5.74) is 1.44. The monoisotopic (exact) mass is 351 g/mol. The first-order chi connectivity index (χ1) is 12.7. The molecule has 2 heterocycles. The molecule has 132 valence electrons. The maximum atomic E-state index is 12.4. The van der Waals surface area contributed by atoms with Gasteiger partial charge in [-0.15, -0.1) is 0 Å². The van der Waals surface area contributed by atoms with Gasteiger partial charge in [-0.25, -0.2) is 14.8 Å². The van der Waals surface area contributed by atoms with E-state index in [1.807, 2.05) is 0 Å². The van der Waals surface area contributed by atoms with Crippen LogP contribution in [-0.2, 0) is 4.74 Å². The van der Waals surface area contributed by atoms with Gasteiger partial charge in [-0.1, -0.05) is 6.07 Å². The van der Waals surface area contributed by atoms with Crippen molar-refractivity contribution in [1.29, 1.82) is 0 Å². The fourth-order valence-electron chi connectivity index (χ4n) is 2.23.